The zero-order valence-corrected chi connectivity index (χ0v) is 14.9. The van der Waals surface area contributed by atoms with E-state index >= 15 is 0 Å². The Morgan fingerprint density at radius 2 is 1.84 bits per heavy atom. The molecule has 0 bridgehead atoms. The highest BCUT2D eigenvalue weighted by Crippen LogP contribution is 2.17. The van der Waals surface area contributed by atoms with Crippen LogP contribution in [0.25, 0.3) is 10.8 Å². The monoisotopic (exact) mass is 350 g/mol. The molecule has 3 aromatic rings. The molecule has 25 heavy (non-hydrogen) atoms. The van der Waals surface area contributed by atoms with Gasteiger partial charge in [0.15, 0.2) is 5.16 Å². The van der Waals surface area contributed by atoms with E-state index in [-0.39, 0.29) is 11.7 Å². The molecule has 0 aliphatic carbocycles. The van der Waals surface area contributed by atoms with Crippen LogP contribution in [0.2, 0.25) is 0 Å². The smallest absolute Gasteiger partial charge is 0.250 e. The maximum atomic E-state index is 11.9. The summed E-state index contributed by atoms with van der Waals surface area (Å²) in [5.74, 6) is 0.0275. The maximum absolute atomic E-state index is 11.9. The van der Waals surface area contributed by atoms with Crippen molar-refractivity contribution in [2.75, 3.05) is 5.75 Å². The van der Waals surface area contributed by atoms with Gasteiger partial charge in [-0.05, 0) is 30.7 Å². The van der Waals surface area contributed by atoms with Crippen LogP contribution in [0, 0.1) is 13.8 Å². The molecule has 0 spiro atoms. The van der Waals surface area contributed by atoms with E-state index in [4.69, 9.17) is 0 Å². The highest BCUT2D eigenvalue weighted by atomic mass is 32.2. The Morgan fingerprint density at radius 3 is 2.64 bits per heavy atom. The van der Waals surface area contributed by atoms with Gasteiger partial charge in [-0.25, -0.2) is 15.4 Å². The Labute approximate surface area is 150 Å². The molecule has 6 heteroatoms. The minimum Gasteiger partial charge on any atom is -0.272 e. The van der Waals surface area contributed by atoms with Gasteiger partial charge < -0.3 is 0 Å². The van der Waals surface area contributed by atoms with E-state index in [0.717, 1.165) is 27.7 Å². The number of fused-ring (bicyclic) bond motifs is 1. The number of rotatable bonds is 5. The van der Waals surface area contributed by atoms with Crippen molar-refractivity contribution >= 4 is 34.7 Å². The van der Waals surface area contributed by atoms with Crippen molar-refractivity contribution in [3.63, 3.8) is 0 Å². The van der Waals surface area contributed by atoms with E-state index in [1.54, 1.807) is 6.21 Å². The average Bonchev–Trinajstić information content (AvgIpc) is 2.59. The third kappa shape index (κ3) is 4.64. The van der Waals surface area contributed by atoms with Gasteiger partial charge in [0.2, 0.25) is 0 Å². The summed E-state index contributed by atoms with van der Waals surface area (Å²) < 4.78 is 0. The number of amides is 1. The van der Waals surface area contributed by atoms with Crippen LogP contribution in [-0.2, 0) is 4.79 Å². The number of aryl methyl sites for hydroxylation is 2. The third-order valence-corrected chi connectivity index (χ3v) is 4.36. The van der Waals surface area contributed by atoms with Crippen LogP contribution < -0.4 is 5.43 Å². The topological polar surface area (TPSA) is 67.2 Å². The minimum absolute atomic E-state index is 0.191. The first kappa shape index (κ1) is 17.1. The van der Waals surface area contributed by atoms with E-state index in [0.29, 0.717) is 5.16 Å². The van der Waals surface area contributed by atoms with Crippen molar-refractivity contribution in [3.05, 3.63) is 65.5 Å². The van der Waals surface area contributed by atoms with Crippen LogP contribution in [0.1, 0.15) is 17.0 Å². The predicted molar refractivity (Wildman–Crippen MR) is 102 cm³/mol. The normalized spacial score (nSPS) is 11.1. The quantitative estimate of drug-likeness (QED) is 0.331. The number of nitrogens with zero attached hydrogens (tertiary/aromatic N) is 3. The second-order valence-electron chi connectivity index (χ2n) is 5.58. The van der Waals surface area contributed by atoms with Crippen molar-refractivity contribution < 1.29 is 4.79 Å². The van der Waals surface area contributed by atoms with E-state index in [1.807, 2.05) is 62.4 Å². The number of nitrogens with one attached hydrogen (secondary N) is 1. The van der Waals surface area contributed by atoms with Crippen molar-refractivity contribution in [2.24, 2.45) is 5.10 Å². The van der Waals surface area contributed by atoms with Crippen LogP contribution in [0.5, 0.6) is 0 Å². The van der Waals surface area contributed by atoms with E-state index in [2.05, 4.69) is 20.5 Å². The molecule has 3 rings (SSSR count). The summed E-state index contributed by atoms with van der Waals surface area (Å²) in [6, 6.07) is 16.0. The molecular weight excluding hydrogens is 332 g/mol. The predicted octanol–water partition coefficient (Wildman–Crippen LogP) is 3.49. The van der Waals surface area contributed by atoms with Gasteiger partial charge in [-0.1, -0.05) is 54.2 Å². The molecule has 0 fully saturated rings. The summed E-state index contributed by atoms with van der Waals surface area (Å²) >= 11 is 1.30. The zero-order valence-electron chi connectivity index (χ0n) is 14.1. The van der Waals surface area contributed by atoms with Crippen molar-refractivity contribution in [2.45, 2.75) is 19.0 Å². The summed E-state index contributed by atoms with van der Waals surface area (Å²) in [6.07, 6.45) is 1.66. The molecule has 1 N–H and O–H groups in total. The van der Waals surface area contributed by atoms with E-state index in [1.165, 1.54) is 11.8 Å². The number of thioether (sulfide) groups is 1. The number of carbonyl (C=O) groups is 1. The van der Waals surface area contributed by atoms with Crippen LogP contribution in [0.4, 0.5) is 0 Å². The Bertz CT molecular complexity index is 914. The standard InChI is InChI=1S/C19H18N4OS/c1-13-10-14(2)22-19(21-13)25-12-18(24)23-20-11-16-8-5-7-15-6-3-4-9-17(15)16/h3-11H,12H2,1-2H3,(H,23,24). The molecule has 0 unspecified atom stereocenters. The first-order chi connectivity index (χ1) is 12.1. The third-order valence-electron chi connectivity index (χ3n) is 3.51. The summed E-state index contributed by atoms with van der Waals surface area (Å²) in [6.45, 7) is 3.82. The fourth-order valence-electron chi connectivity index (χ4n) is 2.46. The molecule has 1 heterocycles. The highest BCUT2D eigenvalue weighted by molar-refractivity contribution is 7.99. The molecule has 0 atom stereocenters. The lowest BCUT2D eigenvalue weighted by Gasteiger charge is -2.03. The highest BCUT2D eigenvalue weighted by Gasteiger charge is 2.05. The first-order valence-corrected chi connectivity index (χ1v) is 8.85. The number of benzene rings is 2. The van der Waals surface area contributed by atoms with Crippen LogP contribution in [0.15, 0.2) is 58.8 Å². The van der Waals surface area contributed by atoms with Gasteiger partial charge in [-0.2, -0.15) is 5.10 Å². The van der Waals surface area contributed by atoms with Gasteiger partial charge >= 0.3 is 0 Å². The van der Waals surface area contributed by atoms with Gasteiger partial charge in [-0.15, -0.1) is 0 Å². The molecule has 0 saturated heterocycles. The molecular formula is C19H18N4OS. The van der Waals surface area contributed by atoms with E-state index < -0.39 is 0 Å². The van der Waals surface area contributed by atoms with Crippen LogP contribution >= 0.6 is 11.8 Å². The largest absolute Gasteiger partial charge is 0.272 e. The van der Waals surface area contributed by atoms with Crippen molar-refractivity contribution in [1.82, 2.24) is 15.4 Å². The summed E-state index contributed by atoms with van der Waals surface area (Å²) in [5, 5.41) is 6.90. The van der Waals surface area contributed by atoms with Crippen molar-refractivity contribution in [1.29, 1.82) is 0 Å². The minimum atomic E-state index is -0.191. The first-order valence-electron chi connectivity index (χ1n) is 7.86. The van der Waals surface area contributed by atoms with Crippen LogP contribution in [0.3, 0.4) is 0 Å². The Kier molecular flexibility index (Phi) is 5.40. The molecule has 0 saturated carbocycles. The zero-order chi connectivity index (χ0) is 17.6. The number of hydrogen-bond donors (Lipinski definition) is 1. The molecule has 2 aromatic carbocycles. The number of carbonyl (C=O) groups excluding carboxylic acids is 1. The lowest BCUT2D eigenvalue weighted by atomic mass is 10.1. The SMILES string of the molecule is Cc1cc(C)nc(SCC(=O)NN=Cc2cccc3ccccc23)n1. The summed E-state index contributed by atoms with van der Waals surface area (Å²) in [5.41, 5.74) is 5.30. The molecule has 0 radical (unpaired) electrons. The van der Waals surface area contributed by atoms with Crippen molar-refractivity contribution in [3.8, 4) is 0 Å². The summed E-state index contributed by atoms with van der Waals surface area (Å²) in [7, 11) is 0. The van der Waals surface area contributed by atoms with Gasteiger partial charge in [0.25, 0.3) is 5.91 Å². The van der Waals surface area contributed by atoms with Crippen LogP contribution in [-0.4, -0.2) is 27.8 Å². The second kappa shape index (κ2) is 7.90. The average molecular weight is 350 g/mol. The van der Waals surface area contributed by atoms with Gasteiger partial charge in [0, 0.05) is 17.0 Å². The molecule has 0 aliphatic heterocycles. The molecule has 1 amide bonds. The Hall–Kier alpha value is -2.73. The van der Waals surface area contributed by atoms with Gasteiger partial charge in [0.05, 0.1) is 12.0 Å². The van der Waals surface area contributed by atoms with E-state index in [9.17, 15) is 4.79 Å². The van der Waals surface area contributed by atoms with Gasteiger partial charge in [0.1, 0.15) is 0 Å². The fraction of sp³-hybridized carbons (Fsp3) is 0.158. The lowest BCUT2D eigenvalue weighted by Crippen LogP contribution is -2.19. The lowest BCUT2D eigenvalue weighted by molar-refractivity contribution is -0.118. The Balaban J connectivity index is 1.59. The number of hydrogen-bond acceptors (Lipinski definition) is 5. The fourth-order valence-corrected chi connectivity index (χ4v) is 3.20. The molecule has 1 aromatic heterocycles. The molecule has 0 aliphatic rings. The maximum Gasteiger partial charge on any atom is 0.250 e. The number of hydrazone groups is 1. The second-order valence-corrected chi connectivity index (χ2v) is 6.53. The van der Waals surface area contributed by atoms with Gasteiger partial charge in [-0.3, -0.25) is 4.79 Å². The Morgan fingerprint density at radius 1 is 1.12 bits per heavy atom. The summed E-state index contributed by atoms with van der Waals surface area (Å²) in [4.78, 5) is 20.5. The number of aromatic nitrogens is 2. The molecule has 126 valence electrons. The molecule has 5 nitrogen and oxygen atoms in total.